The summed E-state index contributed by atoms with van der Waals surface area (Å²) in [6.45, 7) is 0. The van der Waals surface area contributed by atoms with E-state index in [2.05, 4.69) is 15.9 Å². The van der Waals surface area contributed by atoms with E-state index in [1.807, 2.05) is 36.4 Å². The lowest BCUT2D eigenvalue weighted by atomic mass is 9.74. The second-order valence-corrected chi connectivity index (χ2v) is 12.6. The Bertz CT molecular complexity index is 1790. The minimum absolute atomic E-state index is 0.396. The summed E-state index contributed by atoms with van der Waals surface area (Å²) in [5.74, 6) is -1.61. The van der Waals surface area contributed by atoms with Crippen molar-refractivity contribution in [2.75, 3.05) is 0 Å². The molecular weight excluding hydrogens is 696 g/mol. The lowest BCUT2D eigenvalue weighted by Gasteiger charge is -2.29. The molecule has 0 bridgehead atoms. The van der Waals surface area contributed by atoms with Gasteiger partial charge in [0.05, 0.1) is 0 Å². The molecule has 0 aliphatic heterocycles. The molecule has 6 heteroatoms. The first-order chi connectivity index (χ1) is 23.3. The van der Waals surface area contributed by atoms with Gasteiger partial charge in [0.15, 0.2) is 0 Å². The molecule has 0 amide bonds. The van der Waals surface area contributed by atoms with Crippen LogP contribution in [0, 0.1) is 23.3 Å². The summed E-state index contributed by atoms with van der Waals surface area (Å²) in [6.07, 6.45) is 0. The third kappa shape index (κ3) is 6.19. The summed E-state index contributed by atoms with van der Waals surface area (Å²) in [6, 6.07) is 40.2. The molecule has 0 aromatic heterocycles. The highest BCUT2D eigenvalue weighted by Crippen LogP contribution is 2.56. The van der Waals surface area contributed by atoms with Crippen molar-refractivity contribution in [1.82, 2.24) is 0 Å². The summed E-state index contributed by atoms with van der Waals surface area (Å²) in [5, 5.41) is 0.549. The molecule has 0 heterocycles. The summed E-state index contributed by atoms with van der Waals surface area (Å²) < 4.78 is 58.8. The standard InChI is InChI=1S/C42H24BrClF4/c43-31-13-1-25(2-14-31)37-38(26-3-15-32(44)16-4-26)40(28-7-19-34(46)20-8-28)42(30-11-23-36(48)24-12-30)41(29-9-21-35(47)22-10-29)39(37)27-5-17-33(45)18-6-27/h1-24H. The normalized spacial score (nSPS) is 11.1. The van der Waals surface area contributed by atoms with Gasteiger partial charge in [-0.1, -0.05) is 100 Å². The zero-order valence-electron chi connectivity index (χ0n) is 25.1. The van der Waals surface area contributed by atoms with Crippen molar-refractivity contribution >= 4 is 27.5 Å². The van der Waals surface area contributed by atoms with Gasteiger partial charge < -0.3 is 0 Å². The van der Waals surface area contributed by atoms with Crippen LogP contribution in [0.3, 0.4) is 0 Å². The molecule has 0 spiro atoms. The minimum atomic E-state index is -0.409. The van der Waals surface area contributed by atoms with Gasteiger partial charge in [0, 0.05) is 9.50 Å². The van der Waals surface area contributed by atoms with E-state index in [0.29, 0.717) is 38.4 Å². The molecule has 48 heavy (non-hydrogen) atoms. The monoisotopic (exact) mass is 718 g/mol. The molecule has 7 aromatic rings. The molecule has 0 saturated carbocycles. The summed E-state index contributed by atoms with van der Waals surface area (Å²) >= 11 is 9.97. The molecule has 0 unspecified atom stereocenters. The molecule has 0 saturated heterocycles. The van der Waals surface area contributed by atoms with E-state index in [4.69, 9.17) is 11.6 Å². The van der Waals surface area contributed by atoms with Crippen molar-refractivity contribution in [3.63, 3.8) is 0 Å². The third-order valence-electron chi connectivity index (χ3n) is 8.30. The first-order valence-electron chi connectivity index (χ1n) is 15.1. The van der Waals surface area contributed by atoms with E-state index in [0.717, 1.165) is 37.9 Å². The van der Waals surface area contributed by atoms with Crippen LogP contribution in [-0.4, -0.2) is 0 Å². The predicted molar refractivity (Wildman–Crippen MR) is 192 cm³/mol. The molecule has 0 radical (unpaired) electrons. The van der Waals surface area contributed by atoms with Crippen LogP contribution < -0.4 is 0 Å². The first-order valence-corrected chi connectivity index (χ1v) is 16.2. The van der Waals surface area contributed by atoms with Crippen LogP contribution in [0.5, 0.6) is 0 Å². The average molecular weight is 720 g/mol. The Kier molecular flexibility index (Phi) is 8.74. The van der Waals surface area contributed by atoms with E-state index in [9.17, 15) is 17.6 Å². The van der Waals surface area contributed by atoms with E-state index >= 15 is 0 Å². The van der Waals surface area contributed by atoms with Gasteiger partial charge in [-0.2, -0.15) is 0 Å². The molecule has 0 fully saturated rings. The number of benzene rings is 7. The molecule has 7 rings (SSSR count). The fraction of sp³-hybridized carbons (Fsp3) is 0. The van der Waals surface area contributed by atoms with Crippen molar-refractivity contribution in [3.05, 3.63) is 178 Å². The van der Waals surface area contributed by atoms with Crippen molar-refractivity contribution < 1.29 is 17.6 Å². The molecular formula is C42H24BrClF4. The van der Waals surface area contributed by atoms with Gasteiger partial charge in [-0.15, -0.1) is 0 Å². The zero-order valence-corrected chi connectivity index (χ0v) is 27.5. The smallest absolute Gasteiger partial charge is 0.123 e. The highest BCUT2D eigenvalue weighted by Gasteiger charge is 2.29. The maximum absolute atomic E-state index is 14.5. The quantitative estimate of drug-likeness (QED) is 0.150. The van der Waals surface area contributed by atoms with E-state index in [-0.39, 0.29) is 0 Å². The van der Waals surface area contributed by atoms with Gasteiger partial charge in [-0.3, -0.25) is 0 Å². The van der Waals surface area contributed by atoms with Crippen molar-refractivity contribution in [1.29, 1.82) is 0 Å². The van der Waals surface area contributed by atoms with Gasteiger partial charge in [0.1, 0.15) is 23.3 Å². The topological polar surface area (TPSA) is 0 Å². The highest BCUT2D eigenvalue weighted by atomic mass is 79.9. The van der Waals surface area contributed by atoms with Crippen LogP contribution in [0.1, 0.15) is 0 Å². The highest BCUT2D eigenvalue weighted by molar-refractivity contribution is 9.10. The SMILES string of the molecule is Fc1ccc(-c2c(-c3ccc(F)cc3)c(-c3ccc(F)cc3)c(-c3ccc(Br)cc3)c(-c3ccc(Cl)cc3)c2-c2ccc(F)cc2)cc1. The molecule has 0 aliphatic rings. The van der Waals surface area contributed by atoms with Crippen LogP contribution in [0.2, 0.25) is 5.02 Å². The van der Waals surface area contributed by atoms with E-state index < -0.39 is 23.3 Å². The number of halogens is 6. The Morgan fingerprint density at radius 2 is 0.479 bits per heavy atom. The Morgan fingerprint density at radius 1 is 0.292 bits per heavy atom. The minimum Gasteiger partial charge on any atom is -0.207 e. The van der Waals surface area contributed by atoms with Crippen LogP contribution in [0.25, 0.3) is 66.8 Å². The second-order valence-electron chi connectivity index (χ2n) is 11.3. The Hall–Kier alpha value is -4.97. The van der Waals surface area contributed by atoms with Crippen molar-refractivity contribution in [3.8, 4) is 66.8 Å². The Labute approximate surface area is 289 Å². The zero-order chi connectivity index (χ0) is 33.4. The van der Waals surface area contributed by atoms with Crippen LogP contribution in [-0.2, 0) is 0 Å². The molecule has 7 aromatic carbocycles. The molecule has 234 valence electrons. The van der Waals surface area contributed by atoms with Crippen LogP contribution in [0.4, 0.5) is 17.6 Å². The molecule has 0 atom stereocenters. The van der Waals surface area contributed by atoms with Gasteiger partial charge in [-0.25, -0.2) is 17.6 Å². The largest absolute Gasteiger partial charge is 0.207 e. The van der Waals surface area contributed by atoms with Gasteiger partial charge in [0.25, 0.3) is 0 Å². The van der Waals surface area contributed by atoms with Gasteiger partial charge in [-0.05, 0) is 140 Å². The summed E-state index contributed by atoms with van der Waals surface area (Å²) in [5.41, 5.74) is 8.94. The van der Waals surface area contributed by atoms with E-state index in [1.165, 1.54) is 48.5 Å². The number of hydrogen-bond acceptors (Lipinski definition) is 0. The van der Waals surface area contributed by atoms with Crippen LogP contribution >= 0.6 is 27.5 Å². The Balaban J connectivity index is 1.81. The lowest BCUT2D eigenvalue weighted by Crippen LogP contribution is -2.02. The number of hydrogen-bond donors (Lipinski definition) is 0. The third-order valence-corrected chi connectivity index (χ3v) is 9.08. The molecule has 0 aliphatic carbocycles. The van der Waals surface area contributed by atoms with Gasteiger partial charge in [0.2, 0.25) is 0 Å². The fourth-order valence-electron chi connectivity index (χ4n) is 6.18. The average Bonchev–Trinajstić information content (AvgIpc) is 3.10. The van der Waals surface area contributed by atoms with Crippen LogP contribution in [0.15, 0.2) is 150 Å². The maximum Gasteiger partial charge on any atom is 0.123 e. The van der Waals surface area contributed by atoms with Crippen molar-refractivity contribution in [2.24, 2.45) is 0 Å². The summed E-state index contributed by atoms with van der Waals surface area (Å²) in [7, 11) is 0. The Morgan fingerprint density at radius 3 is 0.708 bits per heavy atom. The van der Waals surface area contributed by atoms with Crippen molar-refractivity contribution in [2.45, 2.75) is 0 Å². The summed E-state index contributed by atoms with van der Waals surface area (Å²) in [4.78, 5) is 0. The first kappa shape index (κ1) is 31.6. The molecule has 0 N–H and O–H groups in total. The predicted octanol–water partition coefficient (Wildman–Crippen LogP) is 13.7. The molecule has 0 nitrogen and oxygen atoms in total. The van der Waals surface area contributed by atoms with Gasteiger partial charge >= 0.3 is 0 Å². The fourth-order valence-corrected chi connectivity index (χ4v) is 6.57. The second kappa shape index (κ2) is 13.3. The van der Waals surface area contributed by atoms with E-state index in [1.54, 1.807) is 60.7 Å². The number of rotatable bonds is 6. The maximum atomic E-state index is 14.5. The lowest BCUT2D eigenvalue weighted by molar-refractivity contribution is 0.627.